The second-order valence-electron chi connectivity index (χ2n) is 10.4. The largest absolute Gasteiger partial charge is 0.491 e. The quantitative estimate of drug-likeness (QED) is 0.330. The molecular formula is C29H33ClN6O5. The van der Waals surface area contributed by atoms with E-state index in [4.69, 9.17) is 30.8 Å². The predicted molar refractivity (Wildman–Crippen MR) is 155 cm³/mol. The van der Waals surface area contributed by atoms with Crippen LogP contribution in [-0.4, -0.2) is 42.1 Å². The number of nitrogens with zero attached hydrogens (tertiary/aromatic N) is 6. The van der Waals surface area contributed by atoms with Gasteiger partial charge in [0, 0.05) is 25.2 Å². The van der Waals surface area contributed by atoms with Gasteiger partial charge in [0.1, 0.15) is 23.9 Å². The number of aromatic nitrogens is 5. The van der Waals surface area contributed by atoms with Crippen molar-refractivity contribution in [1.29, 1.82) is 0 Å². The summed E-state index contributed by atoms with van der Waals surface area (Å²) in [7, 11) is 3.15. The summed E-state index contributed by atoms with van der Waals surface area (Å²) in [6.45, 7) is 8.34. The van der Waals surface area contributed by atoms with Crippen molar-refractivity contribution in [2.45, 2.75) is 59.7 Å². The standard InChI is InChI=1S/C29H33ClN6O5/c1-7-8-18(37)14-40-19-9-10-22(30)20(11-19)26-31-25(24-16(3)33-41-17(24)4)15(2)27(32-26)36-12-21-23(13-36)34(5)29(39)35(6)28(21)38/h9-11,18,37H,7-8,12-14H2,1-6H3/t18-/m1/s1. The van der Waals surface area contributed by atoms with Crippen LogP contribution in [0.4, 0.5) is 5.82 Å². The molecule has 1 atom stereocenters. The van der Waals surface area contributed by atoms with Gasteiger partial charge in [-0.05, 0) is 45.4 Å². The highest BCUT2D eigenvalue weighted by molar-refractivity contribution is 6.33. The number of aryl methyl sites for hydroxylation is 2. The first-order valence-electron chi connectivity index (χ1n) is 13.5. The first-order valence-corrected chi connectivity index (χ1v) is 13.8. The van der Waals surface area contributed by atoms with Crippen LogP contribution in [0.5, 0.6) is 5.75 Å². The third-order valence-electron chi connectivity index (χ3n) is 7.51. The highest BCUT2D eigenvalue weighted by atomic mass is 35.5. The van der Waals surface area contributed by atoms with Crippen LogP contribution in [-0.2, 0) is 27.2 Å². The minimum absolute atomic E-state index is 0.152. The van der Waals surface area contributed by atoms with E-state index in [-0.39, 0.29) is 24.4 Å². The molecule has 0 spiro atoms. The molecule has 1 aliphatic rings. The Morgan fingerprint density at radius 3 is 2.56 bits per heavy atom. The van der Waals surface area contributed by atoms with E-state index in [9.17, 15) is 14.7 Å². The highest BCUT2D eigenvalue weighted by Gasteiger charge is 2.30. The molecule has 3 aromatic heterocycles. The summed E-state index contributed by atoms with van der Waals surface area (Å²) < 4.78 is 14.0. The molecule has 1 aromatic carbocycles. The van der Waals surface area contributed by atoms with Gasteiger partial charge >= 0.3 is 5.69 Å². The average molecular weight is 581 g/mol. The summed E-state index contributed by atoms with van der Waals surface area (Å²) in [6, 6.07) is 5.20. The van der Waals surface area contributed by atoms with E-state index in [1.165, 1.54) is 11.6 Å². The van der Waals surface area contributed by atoms with Crippen LogP contribution in [0.15, 0.2) is 32.3 Å². The van der Waals surface area contributed by atoms with Crippen LogP contribution >= 0.6 is 11.6 Å². The van der Waals surface area contributed by atoms with Gasteiger partial charge in [0.25, 0.3) is 5.56 Å². The zero-order valence-electron chi connectivity index (χ0n) is 24.0. The summed E-state index contributed by atoms with van der Waals surface area (Å²) in [4.78, 5) is 37.4. The number of rotatable bonds is 8. The summed E-state index contributed by atoms with van der Waals surface area (Å²) in [6.07, 6.45) is 0.910. The summed E-state index contributed by atoms with van der Waals surface area (Å²) >= 11 is 6.67. The molecule has 1 aliphatic heterocycles. The van der Waals surface area contributed by atoms with E-state index >= 15 is 0 Å². The number of aliphatic hydroxyl groups excluding tert-OH is 1. The van der Waals surface area contributed by atoms with E-state index in [2.05, 4.69) is 5.16 Å². The minimum Gasteiger partial charge on any atom is -0.491 e. The summed E-state index contributed by atoms with van der Waals surface area (Å²) in [5.41, 5.74) is 3.87. The Kier molecular flexibility index (Phi) is 7.76. The summed E-state index contributed by atoms with van der Waals surface area (Å²) in [5.74, 6) is 2.07. The molecule has 0 radical (unpaired) electrons. The normalized spacial score (nSPS) is 13.5. The zero-order chi connectivity index (χ0) is 29.6. The SMILES string of the molecule is CCC[C@@H](O)COc1ccc(Cl)c(-c2nc(-c3c(C)noc3C)c(C)c(N3Cc4c(n(C)c(=O)n(C)c4=O)C3)n2)c1. The number of halogens is 1. The van der Waals surface area contributed by atoms with Crippen molar-refractivity contribution in [3.63, 3.8) is 0 Å². The van der Waals surface area contributed by atoms with Crippen LogP contribution in [0.1, 0.15) is 48.0 Å². The first kappa shape index (κ1) is 28.6. The van der Waals surface area contributed by atoms with Gasteiger partial charge in [-0.25, -0.2) is 14.8 Å². The average Bonchev–Trinajstić information content (AvgIpc) is 3.54. The fraction of sp³-hybridized carbons (Fsp3) is 0.414. The van der Waals surface area contributed by atoms with Crippen LogP contribution in [0, 0.1) is 20.8 Å². The smallest absolute Gasteiger partial charge is 0.330 e. The molecule has 0 saturated heterocycles. The first-order chi connectivity index (χ1) is 19.5. The van der Waals surface area contributed by atoms with E-state index in [0.29, 0.717) is 69.3 Å². The molecule has 0 saturated carbocycles. The van der Waals surface area contributed by atoms with Crippen molar-refractivity contribution in [2.75, 3.05) is 11.5 Å². The van der Waals surface area contributed by atoms with Gasteiger partial charge < -0.3 is 19.3 Å². The molecular weight excluding hydrogens is 548 g/mol. The van der Waals surface area contributed by atoms with Gasteiger partial charge in [-0.2, -0.15) is 0 Å². The fourth-order valence-corrected chi connectivity index (χ4v) is 5.47. The second-order valence-corrected chi connectivity index (χ2v) is 10.8. The molecule has 0 fully saturated rings. The molecule has 11 nitrogen and oxygen atoms in total. The Hall–Kier alpha value is -3.96. The van der Waals surface area contributed by atoms with E-state index in [0.717, 1.165) is 22.1 Å². The Morgan fingerprint density at radius 2 is 1.88 bits per heavy atom. The Bertz CT molecular complexity index is 1740. The van der Waals surface area contributed by atoms with E-state index in [1.54, 1.807) is 25.2 Å². The molecule has 0 aliphatic carbocycles. The number of anilines is 1. The molecule has 5 rings (SSSR count). The van der Waals surface area contributed by atoms with Gasteiger partial charge in [-0.1, -0.05) is 30.1 Å². The number of hydrogen-bond donors (Lipinski definition) is 1. The maximum absolute atomic E-state index is 13.0. The Labute approximate surface area is 242 Å². The van der Waals surface area contributed by atoms with Gasteiger partial charge in [0.15, 0.2) is 5.82 Å². The molecule has 1 N–H and O–H groups in total. The van der Waals surface area contributed by atoms with Gasteiger partial charge in [0.05, 0.1) is 52.4 Å². The predicted octanol–water partition coefficient (Wildman–Crippen LogP) is 3.83. The number of benzene rings is 1. The maximum atomic E-state index is 13.0. The van der Waals surface area contributed by atoms with Crippen molar-refractivity contribution in [2.24, 2.45) is 14.1 Å². The monoisotopic (exact) mass is 580 g/mol. The lowest BCUT2D eigenvalue weighted by molar-refractivity contribution is 0.0994. The third-order valence-corrected chi connectivity index (χ3v) is 7.84. The fourth-order valence-electron chi connectivity index (χ4n) is 5.27. The van der Waals surface area contributed by atoms with Crippen molar-refractivity contribution in [1.82, 2.24) is 24.3 Å². The van der Waals surface area contributed by atoms with E-state index in [1.807, 2.05) is 32.6 Å². The lowest BCUT2D eigenvalue weighted by atomic mass is 10.0. The molecule has 0 amide bonds. The maximum Gasteiger partial charge on any atom is 0.330 e. The summed E-state index contributed by atoms with van der Waals surface area (Å²) in [5, 5.41) is 14.7. The van der Waals surface area contributed by atoms with E-state index < -0.39 is 6.10 Å². The molecule has 4 heterocycles. The molecule has 4 aromatic rings. The lowest BCUT2D eigenvalue weighted by Crippen LogP contribution is -2.39. The van der Waals surface area contributed by atoms with Crippen LogP contribution in [0.3, 0.4) is 0 Å². The Balaban J connectivity index is 1.65. The molecule has 12 heteroatoms. The van der Waals surface area contributed by atoms with Crippen LogP contribution in [0.25, 0.3) is 22.6 Å². The molecule has 216 valence electrons. The van der Waals surface area contributed by atoms with Gasteiger partial charge in [-0.3, -0.25) is 13.9 Å². The molecule has 0 bridgehead atoms. The van der Waals surface area contributed by atoms with Crippen molar-refractivity contribution in [3.8, 4) is 28.4 Å². The number of hydrogen-bond acceptors (Lipinski definition) is 9. The minimum atomic E-state index is -0.576. The second kappa shape index (κ2) is 11.1. The van der Waals surface area contributed by atoms with Gasteiger partial charge in [-0.15, -0.1) is 0 Å². The molecule has 41 heavy (non-hydrogen) atoms. The number of aliphatic hydroxyl groups is 1. The van der Waals surface area contributed by atoms with Gasteiger partial charge in [0.2, 0.25) is 0 Å². The van der Waals surface area contributed by atoms with Crippen LogP contribution < -0.4 is 20.9 Å². The number of fused-ring (bicyclic) bond motifs is 1. The third kappa shape index (κ3) is 5.15. The number of ether oxygens (including phenoxy) is 1. The molecule has 0 unspecified atom stereocenters. The van der Waals surface area contributed by atoms with Crippen molar-refractivity contribution < 1.29 is 14.4 Å². The van der Waals surface area contributed by atoms with Crippen molar-refractivity contribution in [3.05, 3.63) is 72.3 Å². The highest BCUT2D eigenvalue weighted by Crippen LogP contribution is 2.38. The topological polar surface area (TPSA) is 129 Å². The van der Waals surface area contributed by atoms with Crippen LogP contribution in [0.2, 0.25) is 5.02 Å². The zero-order valence-corrected chi connectivity index (χ0v) is 24.7. The lowest BCUT2D eigenvalue weighted by Gasteiger charge is -2.22. The Morgan fingerprint density at radius 1 is 1.12 bits per heavy atom. The van der Waals surface area contributed by atoms with Crippen molar-refractivity contribution >= 4 is 17.4 Å².